The van der Waals surface area contributed by atoms with Crippen LogP contribution in [0.25, 0.3) is 0 Å². The van der Waals surface area contributed by atoms with Crippen molar-refractivity contribution in [2.75, 3.05) is 13.2 Å². The van der Waals surface area contributed by atoms with Crippen molar-refractivity contribution >= 4 is 6.09 Å². The quantitative estimate of drug-likeness (QED) is 0.921. The highest BCUT2D eigenvalue weighted by atomic mass is 16.8. The third kappa shape index (κ3) is 2.94. The topological polar surface area (TPSA) is 70.8 Å². The van der Waals surface area contributed by atoms with E-state index in [1.165, 1.54) is 5.56 Å². The van der Waals surface area contributed by atoms with Crippen LogP contribution in [0.3, 0.4) is 0 Å². The molecule has 5 heteroatoms. The van der Waals surface area contributed by atoms with E-state index < -0.39 is 11.9 Å². The first-order valence-corrected chi connectivity index (χ1v) is 6.64. The number of carbonyl (C=O) groups is 1. The average Bonchev–Trinajstić information content (AvgIpc) is 2.67. The fourth-order valence-electron chi connectivity index (χ4n) is 2.92. The van der Waals surface area contributed by atoms with Gasteiger partial charge in [0.25, 0.3) is 0 Å². The van der Waals surface area contributed by atoms with Crippen LogP contribution in [-0.2, 0) is 20.0 Å². The van der Waals surface area contributed by atoms with E-state index in [2.05, 4.69) is 19.1 Å². The SMILES string of the molecule is Cc1cc(C)c(C2(C)OCC(COC(N)=O)O2)c(C)c1. The highest BCUT2D eigenvalue weighted by Gasteiger charge is 2.41. The molecule has 2 unspecified atom stereocenters. The van der Waals surface area contributed by atoms with E-state index in [-0.39, 0.29) is 12.7 Å². The summed E-state index contributed by atoms with van der Waals surface area (Å²) in [6.45, 7) is 8.51. The molecule has 0 saturated carbocycles. The molecule has 2 atom stereocenters. The summed E-state index contributed by atoms with van der Waals surface area (Å²) in [5.74, 6) is -0.812. The first-order valence-electron chi connectivity index (χ1n) is 6.64. The van der Waals surface area contributed by atoms with Crippen molar-refractivity contribution in [1.29, 1.82) is 0 Å². The second kappa shape index (κ2) is 5.42. The van der Waals surface area contributed by atoms with Crippen molar-refractivity contribution in [1.82, 2.24) is 0 Å². The number of carbonyl (C=O) groups excluding carboxylic acids is 1. The van der Waals surface area contributed by atoms with Crippen molar-refractivity contribution in [3.63, 3.8) is 0 Å². The first-order chi connectivity index (χ1) is 9.32. The Bertz CT molecular complexity index is 506. The van der Waals surface area contributed by atoms with Crippen molar-refractivity contribution in [3.05, 3.63) is 34.4 Å². The summed E-state index contributed by atoms with van der Waals surface area (Å²) in [6.07, 6.45) is -1.10. The van der Waals surface area contributed by atoms with Crippen LogP contribution in [0, 0.1) is 20.8 Å². The van der Waals surface area contributed by atoms with Crippen LogP contribution < -0.4 is 5.73 Å². The minimum atomic E-state index is -0.812. The number of ether oxygens (including phenoxy) is 3. The number of aryl methyl sites for hydroxylation is 3. The Labute approximate surface area is 119 Å². The van der Waals surface area contributed by atoms with Crippen molar-refractivity contribution in [3.8, 4) is 0 Å². The lowest BCUT2D eigenvalue weighted by molar-refractivity contribution is -0.166. The smallest absolute Gasteiger partial charge is 0.404 e. The number of benzene rings is 1. The summed E-state index contributed by atoms with van der Waals surface area (Å²) >= 11 is 0. The van der Waals surface area contributed by atoms with Crippen molar-refractivity contribution in [2.24, 2.45) is 5.73 Å². The van der Waals surface area contributed by atoms with E-state index in [1.54, 1.807) is 0 Å². The fraction of sp³-hybridized carbons (Fsp3) is 0.533. The molecule has 2 rings (SSSR count). The molecule has 20 heavy (non-hydrogen) atoms. The maximum Gasteiger partial charge on any atom is 0.404 e. The minimum absolute atomic E-state index is 0.106. The van der Waals surface area contributed by atoms with Gasteiger partial charge in [0.1, 0.15) is 12.7 Å². The number of rotatable bonds is 3. The summed E-state index contributed by atoms with van der Waals surface area (Å²) in [5.41, 5.74) is 9.45. The normalized spacial score (nSPS) is 25.7. The van der Waals surface area contributed by atoms with Gasteiger partial charge in [-0.15, -0.1) is 0 Å². The number of primary amides is 1. The fourth-order valence-corrected chi connectivity index (χ4v) is 2.92. The van der Waals surface area contributed by atoms with E-state index in [1.807, 2.05) is 20.8 Å². The molecule has 0 radical (unpaired) electrons. The lowest BCUT2D eigenvalue weighted by Gasteiger charge is -2.27. The molecule has 1 aliphatic rings. The molecule has 1 aliphatic heterocycles. The number of hydrogen-bond acceptors (Lipinski definition) is 4. The van der Waals surface area contributed by atoms with Gasteiger partial charge in [-0.25, -0.2) is 4.79 Å². The van der Waals surface area contributed by atoms with Crippen LogP contribution in [0.2, 0.25) is 0 Å². The van der Waals surface area contributed by atoms with Crippen LogP contribution in [0.5, 0.6) is 0 Å². The maximum absolute atomic E-state index is 10.6. The van der Waals surface area contributed by atoms with Gasteiger partial charge in [-0.3, -0.25) is 0 Å². The van der Waals surface area contributed by atoms with Gasteiger partial charge in [-0.05, 0) is 38.8 Å². The molecular formula is C15H21NO4. The maximum atomic E-state index is 10.6. The predicted octanol–water partition coefficient (Wildman–Crippen LogP) is 2.30. The number of hydrogen-bond donors (Lipinski definition) is 1. The Morgan fingerprint density at radius 1 is 1.40 bits per heavy atom. The molecule has 5 nitrogen and oxygen atoms in total. The van der Waals surface area contributed by atoms with Crippen LogP contribution >= 0.6 is 0 Å². The molecule has 2 N–H and O–H groups in total. The van der Waals surface area contributed by atoms with Gasteiger partial charge < -0.3 is 19.9 Å². The second-order valence-electron chi connectivity index (χ2n) is 5.40. The molecule has 1 aromatic rings. The molecule has 0 bridgehead atoms. The molecule has 0 aliphatic carbocycles. The zero-order valence-corrected chi connectivity index (χ0v) is 12.4. The van der Waals surface area contributed by atoms with Gasteiger partial charge in [0.15, 0.2) is 5.79 Å². The van der Waals surface area contributed by atoms with E-state index in [0.717, 1.165) is 16.7 Å². The van der Waals surface area contributed by atoms with Crippen molar-refractivity contribution < 1.29 is 19.0 Å². The molecule has 1 fully saturated rings. The lowest BCUT2D eigenvalue weighted by atomic mass is 9.94. The Kier molecular flexibility index (Phi) is 4.01. The molecule has 0 spiro atoms. The largest absolute Gasteiger partial charge is 0.447 e. The monoisotopic (exact) mass is 279 g/mol. The zero-order valence-electron chi connectivity index (χ0n) is 12.4. The average molecular weight is 279 g/mol. The first kappa shape index (κ1) is 14.8. The number of nitrogens with two attached hydrogens (primary N) is 1. The van der Waals surface area contributed by atoms with E-state index in [9.17, 15) is 4.79 Å². The summed E-state index contributed by atoms with van der Waals surface area (Å²) in [6, 6.07) is 4.21. The molecule has 0 aromatic heterocycles. The summed E-state index contributed by atoms with van der Waals surface area (Å²) < 4.78 is 16.5. The van der Waals surface area contributed by atoms with Crippen LogP contribution in [0.15, 0.2) is 12.1 Å². The highest BCUT2D eigenvalue weighted by molar-refractivity contribution is 5.64. The predicted molar refractivity (Wildman–Crippen MR) is 74.4 cm³/mol. The Hall–Kier alpha value is -1.59. The van der Waals surface area contributed by atoms with Gasteiger partial charge >= 0.3 is 6.09 Å². The second-order valence-corrected chi connectivity index (χ2v) is 5.40. The third-order valence-corrected chi connectivity index (χ3v) is 3.48. The molecule has 1 amide bonds. The minimum Gasteiger partial charge on any atom is -0.447 e. The van der Waals surface area contributed by atoms with Gasteiger partial charge in [0.05, 0.1) is 6.61 Å². The molecule has 1 aromatic carbocycles. The lowest BCUT2D eigenvalue weighted by Crippen LogP contribution is -2.28. The summed E-state index contributed by atoms with van der Waals surface area (Å²) in [4.78, 5) is 10.6. The molecule has 110 valence electrons. The number of amides is 1. The Balaban J connectivity index is 2.19. The Morgan fingerprint density at radius 2 is 2.00 bits per heavy atom. The Morgan fingerprint density at radius 3 is 2.55 bits per heavy atom. The van der Waals surface area contributed by atoms with Crippen LogP contribution in [0.1, 0.15) is 29.2 Å². The molecule has 1 heterocycles. The van der Waals surface area contributed by atoms with Crippen LogP contribution in [0.4, 0.5) is 4.79 Å². The summed E-state index contributed by atoms with van der Waals surface area (Å²) in [7, 11) is 0. The van der Waals surface area contributed by atoms with E-state index in [0.29, 0.717) is 6.61 Å². The van der Waals surface area contributed by atoms with Gasteiger partial charge in [0.2, 0.25) is 0 Å². The van der Waals surface area contributed by atoms with Crippen LogP contribution in [-0.4, -0.2) is 25.4 Å². The molecule has 1 saturated heterocycles. The van der Waals surface area contributed by atoms with Crippen molar-refractivity contribution in [2.45, 2.75) is 39.6 Å². The van der Waals surface area contributed by atoms with Gasteiger partial charge in [-0.2, -0.15) is 0 Å². The standard InChI is InChI=1S/C15H21NO4/c1-9-5-10(2)13(11(3)6-9)15(4)19-8-12(20-15)7-18-14(16)17/h5-6,12H,7-8H2,1-4H3,(H2,16,17). The van der Waals surface area contributed by atoms with Gasteiger partial charge in [-0.1, -0.05) is 17.7 Å². The van der Waals surface area contributed by atoms with E-state index >= 15 is 0 Å². The van der Waals surface area contributed by atoms with E-state index in [4.69, 9.17) is 19.9 Å². The van der Waals surface area contributed by atoms with Gasteiger partial charge in [0, 0.05) is 5.56 Å². The summed E-state index contributed by atoms with van der Waals surface area (Å²) in [5, 5.41) is 0. The highest BCUT2D eigenvalue weighted by Crippen LogP contribution is 2.38. The third-order valence-electron chi connectivity index (χ3n) is 3.48. The molecular weight excluding hydrogens is 258 g/mol. The zero-order chi connectivity index (χ0) is 14.9.